The van der Waals surface area contributed by atoms with Gasteiger partial charge in [0, 0.05) is 25.2 Å². The first kappa shape index (κ1) is 32.1. The molecule has 1 aliphatic rings. The molecular formula is C31H47N3O5S. The standard InChI is InChI=1S/C31H47N3O5S/c1-23-21-28(38-7)24(2)25(3)30(23)40(36,37)34(6)19-20-39-22-29(35)32-27-14-17-31(18-15-27,33(4)5)16-13-26-11-9-8-10-12-26/h8-12,21,27H,13-20,22H2,1-7H3,(H,32,35). The molecule has 0 saturated heterocycles. The Balaban J connectivity index is 1.44. The van der Waals surface area contributed by atoms with Gasteiger partial charge in [0.2, 0.25) is 15.9 Å². The number of methoxy groups -OCH3 is 1. The molecule has 0 atom stereocenters. The topological polar surface area (TPSA) is 88.2 Å². The smallest absolute Gasteiger partial charge is 0.246 e. The number of nitrogens with one attached hydrogen (secondary N) is 1. The van der Waals surface area contributed by atoms with E-state index < -0.39 is 10.0 Å². The first-order valence-corrected chi connectivity index (χ1v) is 15.5. The lowest BCUT2D eigenvalue weighted by molar-refractivity contribution is -0.126. The molecule has 9 heteroatoms. The van der Waals surface area contributed by atoms with Gasteiger partial charge < -0.3 is 19.7 Å². The van der Waals surface area contributed by atoms with Crippen LogP contribution in [-0.2, 0) is 26.0 Å². The highest BCUT2D eigenvalue weighted by Crippen LogP contribution is 2.36. The third kappa shape index (κ3) is 7.63. The van der Waals surface area contributed by atoms with E-state index in [9.17, 15) is 13.2 Å². The number of sulfonamides is 1. The Kier molecular flexibility index (Phi) is 11.2. The monoisotopic (exact) mass is 573 g/mol. The molecule has 1 saturated carbocycles. The molecule has 0 bridgehead atoms. The SMILES string of the molecule is COc1cc(C)c(S(=O)(=O)N(C)CCOCC(=O)NC2CCC(CCc3ccccc3)(N(C)C)CC2)c(C)c1C. The lowest BCUT2D eigenvalue weighted by Crippen LogP contribution is -2.51. The number of carbonyl (C=O) groups excluding carboxylic acids is 1. The Morgan fingerprint density at radius 2 is 1.70 bits per heavy atom. The van der Waals surface area contributed by atoms with Gasteiger partial charge in [-0.3, -0.25) is 4.79 Å². The third-order valence-corrected chi connectivity index (χ3v) is 10.7. The van der Waals surface area contributed by atoms with Crippen LogP contribution in [0.1, 0.15) is 54.4 Å². The molecule has 1 aliphatic carbocycles. The summed E-state index contributed by atoms with van der Waals surface area (Å²) in [5.74, 6) is 0.512. The zero-order valence-electron chi connectivity index (χ0n) is 25.2. The number of hydrogen-bond acceptors (Lipinski definition) is 6. The molecule has 0 aliphatic heterocycles. The first-order valence-electron chi connectivity index (χ1n) is 14.1. The maximum Gasteiger partial charge on any atom is 0.246 e. The van der Waals surface area contributed by atoms with Crippen molar-refractivity contribution in [2.75, 3.05) is 48.0 Å². The second-order valence-corrected chi connectivity index (χ2v) is 13.3. The van der Waals surface area contributed by atoms with Gasteiger partial charge in [0.15, 0.2) is 0 Å². The van der Waals surface area contributed by atoms with Crippen LogP contribution in [0.25, 0.3) is 0 Å². The van der Waals surface area contributed by atoms with E-state index in [0.29, 0.717) is 21.8 Å². The normalized spacial score (nSPS) is 19.7. The number of likely N-dealkylation sites (N-methyl/N-ethyl adjacent to an activating group) is 1. The molecular weight excluding hydrogens is 526 g/mol. The van der Waals surface area contributed by atoms with Crippen LogP contribution in [0.2, 0.25) is 0 Å². The summed E-state index contributed by atoms with van der Waals surface area (Å²) in [6, 6.07) is 12.5. The summed E-state index contributed by atoms with van der Waals surface area (Å²) in [4.78, 5) is 15.2. The van der Waals surface area contributed by atoms with Crippen molar-refractivity contribution in [2.45, 2.75) is 75.8 Å². The molecule has 0 unspecified atom stereocenters. The van der Waals surface area contributed by atoms with Crippen LogP contribution >= 0.6 is 0 Å². The van der Waals surface area contributed by atoms with Crippen LogP contribution in [-0.4, -0.2) is 83.1 Å². The Bertz CT molecular complexity index is 1240. The molecule has 0 heterocycles. The molecule has 40 heavy (non-hydrogen) atoms. The number of rotatable bonds is 13. The molecule has 8 nitrogen and oxygen atoms in total. The Labute approximate surface area is 241 Å². The van der Waals surface area contributed by atoms with Gasteiger partial charge in [0.25, 0.3) is 0 Å². The van der Waals surface area contributed by atoms with Crippen LogP contribution < -0.4 is 10.1 Å². The average molecular weight is 574 g/mol. The Morgan fingerprint density at radius 1 is 1.05 bits per heavy atom. The number of ether oxygens (including phenoxy) is 2. The van der Waals surface area contributed by atoms with Crippen molar-refractivity contribution in [3.8, 4) is 5.75 Å². The fourth-order valence-electron chi connectivity index (χ4n) is 5.78. The zero-order chi connectivity index (χ0) is 29.5. The van der Waals surface area contributed by atoms with E-state index in [0.717, 1.165) is 44.1 Å². The van der Waals surface area contributed by atoms with Crippen LogP contribution in [0.5, 0.6) is 5.75 Å². The summed E-state index contributed by atoms with van der Waals surface area (Å²) in [7, 11) is 3.71. The summed E-state index contributed by atoms with van der Waals surface area (Å²) in [5.41, 5.74) is 3.62. The molecule has 1 amide bonds. The zero-order valence-corrected chi connectivity index (χ0v) is 26.1. The summed E-state index contributed by atoms with van der Waals surface area (Å²) in [6.45, 7) is 5.61. The number of amides is 1. The maximum atomic E-state index is 13.3. The predicted molar refractivity (Wildman–Crippen MR) is 159 cm³/mol. The van der Waals surface area contributed by atoms with Gasteiger partial charge in [-0.2, -0.15) is 4.31 Å². The summed E-state index contributed by atoms with van der Waals surface area (Å²) in [6.07, 6.45) is 6.07. The van der Waals surface area contributed by atoms with E-state index in [1.54, 1.807) is 27.0 Å². The molecule has 2 aromatic carbocycles. The van der Waals surface area contributed by atoms with Crippen molar-refractivity contribution < 1.29 is 22.7 Å². The average Bonchev–Trinajstić information content (AvgIpc) is 2.93. The largest absolute Gasteiger partial charge is 0.496 e. The maximum absolute atomic E-state index is 13.3. The van der Waals surface area contributed by atoms with Crippen molar-refractivity contribution in [1.82, 2.24) is 14.5 Å². The van der Waals surface area contributed by atoms with Crippen molar-refractivity contribution in [1.29, 1.82) is 0 Å². The number of hydrogen-bond donors (Lipinski definition) is 1. The molecule has 0 spiro atoms. The van der Waals surface area contributed by atoms with E-state index in [1.807, 2.05) is 13.0 Å². The van der Waals surface area contributed by atoms with E-state index in [-0.39, 0.29) is 37.2 Å². The van der Waals surface area contributed by atoms with E-state index in [4.69, 9.17) is 9.47 Å². The highest BCUT2D eigenvalue weighted by Gasteiger charge is 2.37. The van der Waals surface area contributed by atoms with Gasteiger partial charge in [-0.1, -0.05) is 30.3 Å². The van der Waals surface area contributed by atoms with Crippen molar-refractivity contribution in [3.63, 3.8) is 0 Å². The number of aryl methyl sites for hydroxylation is 2. The first-order chi connectivity index (χ1) is 18.9. The van der Waals surface area contributed by atoms with Gasteiger partial charge in [0.1, 0.15) is 12.4 Å². The minimum Gasteiger partial charge on any atom is -0.496 e. The van der Waals surface area contributed by atoms with Gasteiger partial charge in [0.05, 0.1) is 18.6 Å². The van der Waals surface area contributed by atoms with Gasteiger partial charge >= 0.3 is 0 Å². The highest BCUT2D eigenvalue weighted by molar-refractivity contribution is 7.89. The Morgan fingerprint density at radius 3 is 2.30 bits per heavy atom. The van der Waals surface area contributed by atoms with Gasteiger partial charge in [-0.05, 0) is 102 Å². The molecule has 2 aromatic rings. The lowest BCUT2D eigenvalue weighted by Gasteiger charge is -2.45. The third-order valence-electron chi connectivity index (χ3n) is 8.60. The minimum absolute atomic E-state index is 0.0864. The number of carbonyl (C=O) groups is 1. The quantitative estimate of drug-likeness (QED) is 0.361. The minimum atomic E-state index is -3.72. The van der Waals surface area contributed by atoms with E-state index in [2.05, 4.69) is 48.6 Å². The molecule has 222 valence electrons. The second-order valence-electron chi connectivity index (χ2n) is 11.3. The van der Waals surface area contributed by atoms with Crippen LogP contribution in [0.4, 0.5) is 0 Å². The van der Waals surface area contributed by atoms with Gasteiger partial charge in [-0.25, -0.2) is 8.42 Å². The van der Waals surface area contributed by atoms with Crippen molar-refractivity contribution >= 4 is 15.9 Å². The predicted octanol–water partition coefficient (Wildman–Crippen LogP) is 4.25. The van der Waals surface area contributed by atoms with Crippen molar-refractivity contribution in [2.24, 2.45) is 0 Å². The summed E-state index contributed by atoms with van der Waals surface area (Å²) in [5, 5.41) is 3.12. The van der Waals surface area contributed by atoms with Crippen molar-refractivity contribution in [3.05, 3.63) is 58.7 Å². The van der Waals surface area contributed by atoms with Gasteiger partial charge in [-0.15, -0.1) is 0 Å². The lowest BCUT2D eigenvalue weighted by atomic mass is 9.75. The molecule has 0 radical (unpaired) electrons. The number of nitrogens with zero attached hydrogens (tertiary/aromatic N) is 2. The molecule has 1 N–H and O–H groups in total. The second kappa shape index (κ2) is 13.9. The summed E-state index contributed by atoms with van der Waals surface area (Å²) >= 11 is 0. The summed E-state index contributed by atoms with van der Waals surface area (Å²) < 4.78 is 38.8. The fourth-order valence-corrected chi connectivity index (χ4v) is 7.41. The number of benzene rings is 2. The van der Waals surface area contributed by atoms with Crippen LogP contribution in [0.3, 0.4) is 0 Å². The highest BCUT2D eigenvalue weighted by atomic mass is 32.2. The molecule has 3 rings (SSSR count). The molecule has 1 fully saturated rings. The molecule has 0 aromatic heterocycles. The Hall–Kier alpha value is -2.46. The van der Waals surface area contributed by atoms with Crippen LogP contribution in [0.15, 0.2) is 41.3 Å². The van der Waals surface area contributed by atoms with E-state index in [1.165, 1.54) is 16.9 Å². The van der Waals surface area contributed by atoms with E-state index >= 15 is 0 Å². The van der Waals surface area contributed by atoms with Crippen LogP contribution in [0, 0.1) is 20.8 Å². The fraction of sp³-hybridized carbons (Fsp3) is 0.581.